The number of aryl methyl sites for hydroxylation is 2. The van der Waals surface area contributed by atoms with Crippen LogP contribution in [0.15, 0.2) is 47.4 Å². The van der Waals surface area contributed by atoms with E-state index in [-0.39, 0.29) is 41.5 Å². The number of amides is 1. The van der Waals surface area contributed by atoms with Crippen LogP contribution in [0.2, 0.25) is 0 Å². The summed E-state index contributed by atoms with van der Waals surface area (Å²) in [6, 6.07) is 11.7. The highest BCUT2D eigenvalue weighted by molar-refractivity contribution is 7.89. The van der Waals surface area contributed by atoms with Gasteiger partial charge in [-0.25, -0.2) is 17.5 Å². The quantitative estimate of drug-likeness (QED) is 0.714. The van der Waals surface area contributed by atoms with Gasteiger partial charge in [0.1, 0.15) is 5.82 Å². The minimum absolute atomic E-state index is 0.0958. The van der Waals surface area contributed by atoms with E-state index in [9.17, 15) is 17.6 Å². The summed E-state index contributed by atoms with van der Waals surface area (Å²) in [5, 5.41) is 2.73. The van der Waals surface area contributed by atoms with Gasteiger partial charge >= 0.3 is 0 Å². The maximum atomic E-state index is 13.8. The third-order valence-corrected chi connectivity index (χ3v) is 6.38. The van der Waals surface area contributed by atoms with E-state index in [2.05, 4.69) is 10.0 Å². The first-order chi connectivity index (χ1) is 12.8. The molecule has 1 fully saturated rings. The lowest BCUT2D eigenvalue weighted by atomic mass is 10.1. The summed E-state index contributed by atoms with van der Waals surface area (Å²) in [4.78, 5) is 12.4. The van der Waals surface area contributed by atoms with Gasteiger partial charge in [-0.2, -0.15) is 0 Å². The molecule has 3 rings (SSSR count). The van der Waals surface area contributed by atoms with E-state index < -0.39 is 10.0 Å². The Balaban J connectivity index is 1.49. The average molecular weight is 390 g/mol. The van der Waals surface area contributed by atoms with Crippen molar-refractivity contribution in [2.45, 2.75) is 31.1 Å². The van der Waals surface area contributed by atoms with Crippen molar-refractivity contribution in [1.29, 1.82) is 0 Å². The number of rotatable bonds is 7. The topological polar surface area (TPSA) is 75.3 Å². The van der Waals surface area contributed by atoms with Crippen molar-refractivity contribution in [3.8, 4) is 0 Å². The van der Waals surface area contributed by atoms with Gasteiger partial charge in [0.2, 0.25) is 15.9 Å². The van der Waals surface area contributed by atoms with E-state index in [1.54, 1.807) is 37.3 Å². The fourth-order valence-electron chi connectivity index (χ4n) is 3.18. The molecule has 27 heavy (non-hydrogen) atoms. The van der Waals surface area contributed by atoms with Crippen molar-refractivity contribution in [3.05, 3.63) is 65.0 Å². The first-order valence-electron chi connectivity index (χ1n) is 8.88. The molecule has 1 amide bonds. The van der Waals surface area contributed by atoms with Crippen LogP contribution in [0, 0.1) is 25.6 Å². The molecule has 1 aliphatic carbocycles. The standard InChI is InChI=1S/C20H23FN2O3S/c1-13-7-8-14(2)19(11-13)27(25,26)23-10-9-22-20(24)17-12-16(17)15-5-3-4-6-18(15)21/h3-8,11,16-17,23H,9-10,12H2,1-2H3,(H,22,24). The molecule has 1 aliphatic rings. The zero-order valence-corrected chi connectivity index (χ0v) is 16.1. The Morgan fingerprint density at radius 3 is 2.63 bits per heavy atom. The normalized spacial score (nSPS) is 18.9. The van der Waals surface area contributed by atoms with Gasteiger partial charge in [-0.1, -0.05) is 30.3 Å². The van der Waals surface area contributed by atoms with E-state index >= 15 is 0 Å². The van der Waals surface area contributed by atoms with Crippen molar-refractivity contribution >= 4 is 15.9 Å². The predicted molar refractivity (Wildman–Crippen MR) is 101 cm³/mol. The molecule has 144 valence electrons. The van der Waals surface area contributed by atoms with Crippen molar-refractivity contribution in [1.82, 2.24) is 10.0 Å². The molecular formula is C20H23FN2O3S. The molecule has 0 spiro atoms. The number of hydrogen-bond donors (Lipinski definition) is 2. The van der Waals surface area contributed by atoms with Crippen LogP contribution >= 0.6 is 0 Å². The van der Waals surface area contributed by atoms with E-state index in [0.717, 1.165) is 5.56 Å². The molecule has 2 unspecified atom stereocenters. The first-order valence-corrected chi connectivity index (χ1v) is 10.4. The summed E-state index contributed by atoms with van der Waals surface area (Å²) in [6.45, 7) is 3.86. The van der Waals surface area contributed by atoms with Gasteiger partial charge < -0.3 is 5.32 Å². The zero-order valence-electron chi connectivity index (χ0n) is 15.3. The Labute approximate surface area is 159 Å². The van der Waals surface area contributed by atoms with Crippen LogP contribution in [0.25, 0.3) is 0 Å². The van der Waals surface area contributed by atoms with E-state index in [0.29, 0.717) is 17.5 Å². The summed E-state index contributed by atoms with van der Waals surface area (Å²) >= 11 is 0. The Kier molecular flexibility index (Phi) is 5.62. The largest absolute Gasteiger partial charge is 0.355 e. The predicted octanol–water partition coefficient (Wildman–Crippen LogP) is 2.64. The molecule has 5 nitrogen and oxygen atoms in total. The van der Waals surface area contributed by atoms with Crippen LogP contribution in [0.5, 0.6) is 0 Å². The summed E-state index contributed by atoms with van der Waals surface area (Å²) in [6.07, 6.45) is 0.612. The number of carbonyl (C=O) groups excluding carboxylic acids is 1. The minimum atomic E-state index is -3.63. The molecule has 0 aliphatic heterocycles. The number of carbonyl (C=O) groups is 1. The zero-order chi connectivity index (χ0) is 19.6. The number of hydrogen-bond acceptors (Lipinski definition) is 3. The van der Waals surface area contributed by atoms with Gasteiger partial charge in [0.25, 0.3) is 0 Å². The molecule has 0 saturated heterocycles. The van der Waals surface area contributed by atoms with E-state index in [4.69, 9.17) is 0 Å². The Hall–Kier alpha value is -2.25. The van der Waals surface area contributed by atoms with Gasteiger partial charge in [0.15, 0.2) is 0 Å². The van der Waals surface area contributed by atoms with Gasteiger partial charge in [0, 0.05) is 19.0 Å². The molecule has 2 aromatic rings. The first kappa shape index (κ1) is 19.5. The number of nitrogens with one attached hydrogen (secondary N) is 2. The fourth-order valence-corrected chi connectivity index (χ4v) is 4.54. The smallest absolute Gasteiger partial charge is 0.240 e. The molecule has 0 aromatic heterocycles. The second kappa shape index (κ2) is 7.78. The third-order valence-electron chi connectivity index (χ3n) is 4.78. The lowest BCUT2D eigenvalue weighted by Gasteiger charge is -2.11. The summed E-state index contributed by atoms with van der Waals surface area (Å²) in [7, 11) is -3.63. The highest BCUT2D eigenvalue weighted by Gasteiger charge is 2.44. The summed E-state index contributed by atoms with van der Waals surface area (Å²) < 4.78 is 41.1. The van der Waals surface area contributed by atoms with Crippen molar-refractivity contribution in [2.24, 2.45) is 5.92 Å². The van der Waals surface area contributed by atoms with Gasteiger partial charge in [-0.3, -0.25) is 4.79 Å². The van der Waals surface area contributed by atoms with Crippen LogP contribution in [-0.2, 0) is 14.8 Å². The van der Waals surface area contributed by atoms with Crippen LogP contribution in [0.4, 0.5) is 4.39 Å². The van der Waals surface area contributed by atoms with Crippen molar-refractivity contribution < 1.29 is 17.6 Å². The maximum Gasteiger partial charge on any atom is 0.240 e. The minimum Gasteiger partial charge on any atom is -0.355 e. The van der Waals surface area contributed by atoms with Crippen molar-refractivity contribution in [3.63, 3.8) is 0 Å². The molecule has 0 heterocycles. The summed E-state index contributed by atoms with van der Waals surface area (Å²) in [5.74, 6) is -0.816. The molecular weight excluding hydrogens is 367 g/mol. The average Bonchev–Trinajstić information content (AvgIpc) is 3.41. The molecule has 0 bridgehead atoms. The van der Waals surface area contributed by atoms with Gasteiger partial charge in [0.05, 0.1) is 4.90 Å². The molecule has 2 aromatic carbocycles. The van der Waals surface area contributed by atoms with E-state index in [1.807, 2.05) is 13.0 Å². The Bertz CT molecular complexity index is 959. The van der Waals surface area contributed by atoms with Crippen LogP contribution < -0.4 is 10.0 Å². The second-order valence-electron chi connectivity index (χ2n) is 6.93. The number of sulfonamides is 1. The second-order valence-corrected chi connectivity index (χ2v) is 8.66. The van der Waals surface area contributed by atoms with E-state index in [1.165, 1.54) is 6.07 Å². The number of benzene rings is 2. The SMILES string of the molecule is Cc1ccc(C)c(S(=O)(=O)NCCNC(=O)C2CC2c2ccccc2F)c1. The fraction of sp³-hybridized carbons (Fsp3) is 0.350. The molecule has 2 N–H and O–H groups in total. The number of halogens is 1. The van der Waals surface area contributed by atoms with Crippen molar-refractivity contribution in [2.75, 3.05) is 13.1 Å². The maximum absolute atomic E-state index is 13.8. The lowest BCUT2D eigenvalue weighted by molar-refractivity contribution is -0.122. The highest BCUT2D eigenvalue weighted by Crippen LogP contribution is 2.48. The molecule has 1 saturated carbocycles. The Morgan fingerprint density at radius 2 is 1.89 bits per heavy atom. The summed E-state index contributed by atoms with van der Waals surface area (Å²) in [5.41, 5.74) is 2.10. The molecule has 7 heteroatoms. The molecule has 0 radical (unpaired) electrons. The Morgan fingerprint density at radius 1 is 1.15 bits per heavy atom. The lowest BCUT2D eigenvalue weighted by Crippen LogP contribution is -2.35. The highest BCUT2D eigenvalue weighted by atomic mass is 32.2. The van der Waals surface area contributed by atoms with Gasteiger partial charge in [-0.15, -0.1) is 0 Å². The monoisotopic (exact) mass is 390 g/mol. The van der Waals surface area contributed by atoms with Gasteiger partial charge in [-0.05, 0) is 55.0 Å². The third kappa shape index (κ3) is 4.54. The molecule has 2 atom stereocenters. The van der Waals surface area contributed by atoms with Crippen LogP contribution in [0.3, 0.4) is 0 Å². The van der Waals surface area contributed by atoms with Crippen LogP contribution in [-0.4, -0.2) is 27.4 Å². The van der Waals surface area contributed by atoms with Crippen LogP contribution in [0.1, 0.15) is 29.0 Å².